The highest BCUT2D eigenvalue weighted by Crippen LogP contribution is 1.96. The second-order valence-electron chi connectivity index (χ2n) is 1.09. The number of hydrogen-bond acceptors (Lipinski definition) is 2. The van der Waals surface area contributed by atoms with Crippen LogP contribution in [-0.4, -0.2) is 17.4 Å². The van der Waals surface area contributed by atoms with Crippen LogP contribution < -0.4 is 5.73 Å². The van der Waals surface area contributed by atoms with E-state index in [1.165, 1.54) is 18.7 Å². The van der Waals surface area contributed by atoms with Gasteiger partial charge in [-0.1, -0.05) is 11.8 Å². The minimum Gasteiger partial charge on any atom is -0.288 e. The third kappa shape index (κ3) is 5.98. The van der Waals surface area contributed by atoms with E-state index < -0.39 is 0 Å². The zero-order valence-electron chi connectivity index (χ0n) is 4.23. The van der Waals surface area contributed by atoms with Crippen LogP contribution in [0.5, 0.6) is 0 Å². The summed E-state index contributed by atoms with van der Waals surface area (Å²) in [6.07, 6.45) is 0. The number of carbonyl (C=O) groups excluding carboxylic acids is 1. The van der Waals surface area contributed by atoms with Crippen LogP contribution in [-0.2, 0) is 4.79 Å². The van der Waals surface area contributed by atoms with Gasteiger partial charge in [0.1, 0.15) is 0 Å². The average molecular weight is 118 g/mol. The molecule has 0 bridgehead atoms. The minimum atomic E-state index is 0.104. The lowest BCUT2D eigenvalue weighted by molar-refractivity contribution is -0.109. The SMILES string of the molecule is CC(=O)SCC[NH]. The largest absolute Gasteiger partial charge is 0.288 e. The molecule has 0 aliphatic carbocycles. The van der Waals surface area contributed by atoms with E-state index in [0.29, 0.717) is 12.3 Å². The first-order chi connectivity index (χ1) is 3.27. The van der Waals surface area contributed by atoms with Gasteiger partial charge >= 0.3 is 0 Å². The summed E-state index contributed by atoms with van der Waals surface area (Å²) >= 11 is 1.20. The minimum absolute atomic E-state index is 0.104. The van der Waals surface area contributed by atoms with Gasteiger partial charge in [0.05, 0.1) is 0 Å². The molecule has 0 rings (SSSR count). The lowest BCUT2D eigenvalue weighted by Crippen LogP contribution is -1.91. The number of nitrogens with one attached hydrogen (secondary N) is 1. The number of carbonyl (C=O) groups is 1. The summed E-state index contributed by atoms with van der Waals surface area (Å²) in [5.41, 5.74) is 6.62. The molecule has 0 aromatic rings. The van der Waals surface area contributed by atoms with Gasteiger partial charge in [-0.25, -0.2) is 0 Å². The van der Waals surface area contributed by atoms with E-state index in [1.54, 1.807) is 0 Å². The van der Waals surface area contributed by atoms with Crippen LogP contribution in [0.2, 0.25) is 0 Å². The van der Waals surface area contributed by atoms with E-state index >= 15 is 0 Å². The van der Waals surface area contributed by atoms with Crippen molar-refractivity contribution in [3.05, 3.63) is 0 Å². The van der Waals surface area contributed by atoms with Crippen molar-refractivity contribution in [3.8, 4) is 0 Å². The Morgan fingerprint density at radius 3 is 2.57 bits per heavy atom. The number of hydrogen-bond donors (Lipinski definition) is 0. The number of rotatable bonds is 2. The summed E-state index contributed by atoms with van der Waals surface area (Å²) in [6.45, 7) is 1.85. The van der Waals surface area contributed by atoms with Crippen molar-refractivity contribution in [2.24, 2.45) is 0 Å². The summed E-state index contributed by atoms with van der Waals surface area (Å²) < 4.78 is 0. The highest BCUT2D eigenvalue weighted by atomic mass is 32.2. The van der Waals surface area contributed by atoms with Crippen LogP contribution in [0.1, 0.15) is 6.92 Å². The molecule has 7 heavy (non-hydrogen) atoms. The van der Waals surface area contributed by atoms with Crippen LogP contribution in [0.15, 0.2) is 0 Å². The molecule has 0 aromatic heterocycles. The molecule has 0 aromatic carbocycles. The van der Waals surface area contributed by atoms with Crippen molar-refractivity contribution in [1.82, 2.24) is 5.73 Å². The van der Waals surface area contributed by atoms with Gasteiger partial charge in [-0.3, -0.25) is 10.5 Å². The monoisotopic (exact) mass is 118 g/mol. The van der Waals surface area contributed by atoms with Crippen molar-refractivity contribution < 1.29 is 4.79 Å². The van der Waals surface area contributed by atoms with Gasteiger partial charge < -0.3 is 0 Å². The fourth-order valence-corrected chi connectivity index (χ4v) is 0.584. The van der Waals surface area contributed by atoms with E-state index in [4.69, 9.17) is 5.73 Å². The zero-order valence-corrected chi connectivity index (χ0v) is 5.05. The first-order valence-corrected chi connectivity index (χ1v) is 3.04. The van der Waals surface area contributed by atoms with Crippen LogP contribution in [0, 0.1) is 0 Å². The number of thioether (sulfide) groups is 1. The third-order valence-corrected chi connectivity index (χ3v) is 1.22. The molecule has 0 heterocycles. The van der Waals surface area contributed by atoms with E-state index in [0.717, 1.165) is 0 Å². The second-order valence-corrected chi connectivity index (χ2v) is 2.36. The van der Waals surface area contributed by atoms with Gasteiger partial charge in [-0.05, 0) is 0 Å². The highest BCUT2D eigenvalue weighted by molar-refractivity contribution is 8.13. The zero-order chi connectivity index (χ0) is 5.70. The fourth-order valence-electron chi connectivity index (χ4n) is 0.195. The molecule has 41 valence electrons. The Bertz CT molecular complexity index is 64.7. The lowest BCUT2D eigenvalue weighted by atomic mass is 10.8. The molecule has 0 saturated carbocycles. The molecular formula is C4H8NOS. The van der Waals surface area contributed by atoms with Gasteiger partial charge in [0.2, 0.25) is 0 Å². The Morgan fingerprint density at radius 2 is 2.43 bits per heavy atom. The molecule has 1 N–H and O–H groups in total. The topological polar surface area (TPSA) is 40.9 Å². The van der Waals surface area contributed by atoms with Gasteiger partial charge in [-0.2, -0.15) is 0 Å². The molecule has 3 heteroatoms. The van der Waals surface area contributed by atoms with Crippen molar-refractivity contribution in [2.45, 2.75) is 6.92 Å². The molecule has 0 fully saturated rings. The maximum Gasteiger partial charge on any atom is 0.185 e. The normalized spacial score (nSPS) is 8.86. The van der Waals surface area contributed by atoms with Crippen LogP contribution in [0.3, 0.4) is 0 Å². The summed E-state index contributed by atoms with van der Waals surface area (Å²) in [5.74, 6) is 0.634. The van der Waals surface area contributed by atoms with Gasteiger partial charge in [-0.15, -0.1) is 0 Å². The third-order valence-electron chi connectivity index (χ3n) is 0.407. The molecule has 0 aliphatic rings. The van der Waals surface area contributed by atoms with Gasteiger partial charge in [0.25, 0.3) is 0 Å². The summed E-state index contributed by atoms with van der Waals surface area (Å²) in [5, 5.41) is 0.104. The summed E-state index contributed by atoms with van der Waals surface area (Å²) in [7, 11) is 0. The Balaban J connectivity index is 2.82. The molecule has 0 aliphatic heterocycles. The smallest absolute Gasteiger partial charge is 0.185 e. The van der Waals surface area contributed by atoms with Crippen molar-refractivity contribution >= 4 is 16.9 Å². The maximum atomic E-state index is 10.1. The molecule has 0 unspecified atom stereocenters. The van der Waals surface area contributed by atoms with Crippen molar-refractivity contribution in [2.75, 3.05) is 12.3 Å². The molecule has 0 atom stereocenters. The van der Waals surface area contributed by atoms with E-state index in [1.807, 2.05) is 0 Å². The quantitative estimate of drug-likeness (QED) is 0.531. The van der Waals surface area contributed by atoms with E-state index in [2.05, 4.69) is 0 Å². The molecule has 2 nitrogen and oxygen atoms in total. The van der Waals surface area contributed by atoms with Crippen LogP contribution >= 0.6 is 11.8 Å². The Kier molecular flexibility index (Phi) is 4.14. The van der Waals surface area contributed by atoms with Crippen LogP contribution in [0.4, 0.5) is 0 Å². The molecular weight excluding hydrogens is 110 g/mol. The Morgan fingerprint density at radius 1 is 1.86 bits per heavy atom. The Hall–Kier alpha value is -0.0200. The summed E-state index contributed by atoms with van der Waals surface area (Å²) in [4.78, 5) is 10.1. The molecule has 0 spiro atoms. The van der Waals surface area contributed by atoms with Gasteiger partial charge in [0.15, 0.2) is 5.12 Å². The predicted octanol–water partition coefficient (Wildman–Crippen LogP) is 0.549. The lowest BCUT2D eigenvalue weighted by Gasteiger charge is -1.86. The molecule has 0 amide bonds. The second kappa shape index (κ2) is 4.15. The average Bonchev–Trinajstić information content (AvgIpc) is 1.61. The first kappa shape index (κ1) is 6.98. The standard InChI is InChI=1S/C4H8NOS/c1-4(6)7-3-2-5/h5H,2-3H2,1H3. The van der Waals surface area contributed by atoms with Crippen LogP contribution in [0.25, 0.3) is 0 Å². The molecule has 0 saturated heterocycles. The van der Waals surface area contributed by atoms with Crippen molar-refractivity contribution in [3.63, 3.8) is 0 Å². The van der Waals surface area contributed by atoms with Crippen molar-refractivity contribution in [1.29, 1.82) is 0 Å². The maximum absolute atomic E-state index is 10.1. The molecule has 1 radical (unpaired) electrons. The fraction of sp³-hybridized carbons (Fsp3) is 0.750. The van der Waals surface area contributed by atoms with E-state index in [-0.39, 0.29) is 5.12 Å². The Labute approximate surface area is 47.5 Å². The highest BCUT2D eigenvalue weighted by Gasteiger charge is 1.88. The summed E-state index contributed by atoms with van der Waals surface area (Å²) in [6, 6.07) is 0. The van der Waals surface area contributed by atoms with Gasteiger partial charge in [0, 0.05) is 19.2 Å². The first-order valence-electron chi connectivity index (χ1n) is 2.05. The predicted molar refractivity (Wildman–Crippen MR) is 31.1 cm³/mol. The van der Waals surface area contributed by atoms with E-state index in [9.17, 15) is 4.79 Å².